The third-order valence-electron chi connectivity index (χ3n) is 2.91. The highest BCUT2D eigenvalue weighted by Crippen LogP contribution is 2.16. The Labute approximate surface area is 130 Å². The van der Waals surface area contributed by atoms with E-state index < -0.39 is 21.9 Å². The molecule has 1 N–H and O–H groups in total. The molecule has 7 nitrogen and oxygen atoms in total. The van der Waals surface area contributed by atoms with Crippen molar-refractivity contribution in [3.8, 4) is 0 Å². The first-order valence-electron chi connectivity index (χ1n) is 6.60. The first-order chi connectivity index (χ1) is 10.2. The number of amides is 1. The molecule has 1 aromatic rings. The maximum absolute atomic E-state index is 12.1. The van der Waals surface area contributed by atoms with Gasteiger partial charge in [0.05, 0.1) is 31.2 Å². The summed E-state index contributed by atoms with van der Waals surface area (Å²) in [6, 6.07) is 6.00. The van der Waals surface area contributed by atoms with Crippen molar-refractivity contribution in [2.75, 3.05) is 25.2 Å². The van der Waals surface area contributed by atoms with Gasteiger partial charge in [-0.3, -0.25) is 4.79 Å². The number of ether oxygens (including phenoxy) is 1. The maximum Gasteiger partial charge on any atom is 0.339 e. The van der Waals surface area contributed by atoms with Gasteiger partial charge in [0, 0.05) is 6.04 Å². The lowest BCUT2D eigenvalue weighted by Crippen LogP contribution is -2.41. The highest BCUT2D eigenvalue weighted by molar-refractivity contribution is 7.88. The predicted molar refractivity (Wildman–Crippen MR) is 83.1 cm³/mol. The van der Waals surface area contributed by atoms with Gasteiger partial charge in [-0.25, -0.2) is 13.2 Å². The number of methoxy groups -OCH3 is 1. The van der Waals surface area contributed by atoms with Crippen LogP contribution in [0.25, 0.3) is 0 Å². The van der Waals surface area contributed by atoms with Gasteiger partial charge < -0.3 is 10.1 Å². The highest BCUT2D eigenvalue weighted by Gasteiger charge is 2.23. The molecular formula is C14H20N2O5S. The molecule has 0 radical (unpaired) electrons. The van der Waals surface area contributed by atoms with Gasteiger partial charge in [0.1, 0.15) is 0 Å². The van der Waals surface area contributed by atoms with E-state index in [-0.39, 0.29) is 23.8 Å². The normalized spacial score (nSPS) is 11.5. The predicted octanol–water partition coefficient (Wildman–Crippen LogP) is 1.08. The van der Waals surface area contributed by atoms with Gasteiger partial charge in [-0.1, -0.05) is 12.1 Å². The van der Waals surface area contributed by atoms with Crippen LogP contribution in [0.15, 0.2) is 24.3 Å². The van der Waals surface area contributed by atoms with Crippen molar-refractivity contribution in [1.29, 1.82) is 0 Å². The molecule has 1 rings (SSSR count). The summed E-state index contributed by atoms with van der Waals surface area (Å²) in [4.78, 5) is 23.7. The van der Waals surface area contributed by atoms with E-state index in [0.29, 0.717) is 0 Å². The van der Waals surface area contributed by atoms with Crippen LogP contribution in [0.5, 0.6) is 0 Å². The number of sulfonamides is 1. The Kier molecular flexibility index (Phi) is 6.07. The molecule has 0 aliphatic carbocycles. The lowest BCUT2D eigenvalue weighted by molar-refractivity contribution is -0.116. The Bertz CT molecular complexity index is 655. The molecule has 0 aliphatic heterocycles. The van der Waals surface area contributed by atoms with Gasteiger partial charge in [-0.15, -0.1) is 0 Å². The summed E-state index contributed by atoms with van der Waals surface area (Å²) in [5.74, 6) is -1.12. The van der Waals surface area contributed by atoms with E-state index in [2.05, 4.69) is 10.1 Å². The Morgan fingerprint density at radius 2 is 1.86 bits per heavy atom. The number of hydrogen-bond donors (Lipinski definition) is 1. The first-order valence-corrected chi connectivity index (χ1v) is 8.45. The van der Waals surface area contributed by atoms with Crippen LogP contribution in [0, 0.1) is 0 Å². The van der Waals surface area contributed by atoms with Gasteiger partial charge in [0.15, 0.2) is 0 Å². The Balaban J connectivity index is 2.92. The summed E-state index contributed by atoms with van der Waals surface area (Å²) in [5, 5.41) is 2.54. The SMILES string of the molecule is COC(=O)c1ccccc1NC(=O)CN(C(C)C)S(C)(=O)=O. The van der Waals surface area contributed by atoms with Crippen molar-refractivity contribution >= 4 is 27.6 Å². The van der Waals surface area contributed by atoms with Gasteiger partial charge >= 0.3 is 5.97 Å². The van der Waals surface area contributed by atoms with E-state index in [1.54, 1.807) is 32.0 Å². The summed E-state index contributed by atoms with van der Waals surface area (Å²) in [6.45, 7) is 3.03. The average Bonchev–Trinajstić information content (AvgIpc) is 2.43. The van der Waals surface area contributed by atoms with Crippen molar-refractivity contribution in [2.45, 2.75) is 19.9 Å². The third kappa shape index (κ3) is 4.81. The number of hydrogen-bond acceptors (Lipinski definition) is 5. The zero-order valence-electron chi connectivity index (χ0n) is 13.0. The molecule has 0 heterocycles. The molecule has 0 spiro atoms. The van der Waals surface area contributed by atoms with Crippen LogP contribution in [0.1, 0.15) is 24.2 Å². The number of esters is 1. The first kappa shape index (κ1) is 18.1. The van der Waals surface area contributed by atoms with Crippen LogP contribution in [0.2, 0.25) is 0 Å². The van der Waals surface area contributed by atoms with Crippen molar-refractivity contribution in [1.82, 2.24) is 4.31 Å². The highest BCUT2D eigenvalue weighted by atomic mass is 32.2. The molecule has 0 fully saturated rings. The molecule has 1 amide bonds. The van der Waals surface area contributed by atoms with Gasteiger partial charge in [0.2, 0.25) is 15.9 Å². The second kappa shape index (κ2) is 7.37. The minimum Gasteiger partial charge on any atom is -0.465 e. The number of para-hydroxylation sites is 1. The molecule has 1 aromatic carbocycles. The number of benzene rings is 1. The molecule has 0 aliphatic rings. The molecule has 122 valence electrons. The molecule has 8 heteroatoms. The summed E-state index contributed by atoms with van der Waals surface area (Å²) in [7, 11) is -2.26. The summed E-state index contributed by atoms with van der Waals surface area (Å²) in [5.41, 5.74) is 0.477. The summed E-state index contributed by atoms with van der Waals surface area (Å²) >= 11 is 0. The smallest absolute Gasteiger partial charge is 0.339 e. The lowest BCUT2D eigenvalue weighted by Gasteiger charge is -2.23. The fourth-order valence-corrected chi connectivity index (χ4v) is 3.01. The van der Waals surface area contributed by atoms with Crippen LogP contribution >= 0.6 is 0 Å². The quantitative estimate of drug-likeness (QED) is 0.789. The zero-order chi connectivity index (χ0) is 16.9. The van der Waals surface area contributed by atoms with Crippen molar-refractivity contribution in [3.63, 3.8) is 0 Å². The number of carbonyl (C=O) groups is 2. The van der Waals surface area contributed by atoms with Crippen molar-refractivity contribution in [3.05, 3.63) is 29.8 Å². The maximum atomic E-state index is 12.1. The van der Waals surface area contributed by atoms with E-state index in [0.717, 1.165) is 10.6 Å². The molecule has 0 saturated carbocycles. The standard InChI is InChI=1S/C14H20N2O5S/c1-10(2)16(22(4,19)20)9-13(17)15-12-8-6-5-7-11(12)14(18)21-3/h5-8,10H,9H2,1-4H3,(H,15,17). The molecule has 0 bridgehead atoms. The average molecular weight is 328 g/mol. The van der Waals surface area contributed by atoms with Crippen LogP contribution in [-0.2, 0) is 19.6 Å². The largest absolute Gasteiger partial charge is 0.465 e. The van der Waals surface area contributed by atoms with E-state index in [1.165, 1.54) is 13.2 Å². The van der Waals surface area contributed by atoms with Crippen LogP contribution in [0.4, 0.5) is 5.69 Å². The summed E-state index contributed by atoms with van der Waals surface area (Å²) in [6.07, 6.45) is 1.04. The molecule has 0 unspecified atom stereocenters. The molecular weight excluding hydrogens is 308 g/mol. The van der Waals surface area contributed by atoms with Crippen LogP contribution < -0.4 is 5.32 Å². The van der Waals surface area contributed by atoms with Crippen LogP contribution in [0.3, 0.4) is 0 Å². The van der Waals surface area contributed by atoms with Crippen molar-refractivity contribution < 1.29 is 22.7 Å². The number of anilines is 1. The third-order valence-corrected chi connectivity index (χ3v) is 4.31. The second-order valence-electron chi connectivity index (χ2n) is 4.99. The number of nitrogens with zero attached hydrogens (tertiary/aromatic N) is 1. The number of nitrogens with one attached hydrogen (secondary N) is 1. The fraction of sp³-hybridized carbons (Fsp3) is 0.429. The van der Waals surface area contributed by atoms with E-state index in [9.17, 15) is 18.0 Å². The van der Waals surface area contributed by atoms with E-state index in [4.69, 9.17) is 0 Å². The monoisotopic (exact) mass is 328 g/mol. The van der Waals surface area contributed by atoms with Gasteiger partial charge in [-0.05, 0) is 26.0 Å². The minimum atomic E-state index is -3.50. The molecule has 0 aromatic heterocycles. The Hall–Kier alpha value is -1.93. The van der Waals surface area contributed by atoms with E-state index in [1.807, 2.05) is 0 Å². The van der Waals surface area contributed by atoms with Gasteiger partial charge in [0.25, 0.3) is 0 Å². The van der Waals surface area contributed by atoms with Crippen LogP contribution in [-0.4, -0.2) is 50.6 Å². The summed E-state index contributed by atoms with van der Waals surface area (Å²) < 4.78 is 29.0. The Morgan fingerprint density at radius 3 is 2.36 bits per heavy atom. The van der Waals surface area contributed by atoms with Crippen molar-refractivity contribution in [2.24, 2.45) is 0 Å². The zero-order valence-corrected chi connectivity index (χ0v) is 13.8. The topological polar surface area (TPSA) is 92.8 Å². The molecule has 0 atom stereocenters. The second-order valence-corrected chi connectivity index (χ2v) is 6.92. The van der Waals surface area contributed by atoms with Gasteiger partial charge in [-0.2, -0.15) is 4.31 Å². The fourth-order valence-electron chi connectivity index (χ4n) is 1.89. The molecule has 22 heavy (non-hydrogen) atoms. The lowest BCUT2D eigenvalue weighted by atomic mass is 10.2. The number of rotatable bonds is 6. The Morgan fingerprint density at radius 1 is 1.27 bits per heavy atom. The number of carbonyl (C=O) groups excluding carboxylic acids is 2. The molecule has 0 saturated heterocycles. The van der Waals surface area contributed by atoms with E-state index >= 15 is 0 Å². The minimum absolute atomic E-state index is 0.203.